The van der Waals surface area contributed by atoms with Gasteiger partial charge in [0.2, 0.25) is 0 Å². The first-order valence-electron chi connectivity index (χ1n) is 9.67. The molecule has 0 aliphatic heterocycles. The summed E-state index contributed by atoms with van der Waals surface area (Å²) in [5.74, 6) is -0.0169. The second-order valence-electron chi connectivity index (χ2n) is 7.54. The van der Waals surface area contributed by atoms with Crippen LogP contribution in [0, 0.1) is 13.8 Å². The summed E-state index contributed by atoms with van der Waals surface area (Å²) < 4.78 is 1.55. The third kappa shape index (κ3) is 3.38. The molecule has 0 fully saturated rings. The van der Waals surface area contributed by atoms with Crippen LogP contribution in [-0.2, 0) is 19.9 Å². The van der Waals surface area contributed by atoms with Crippen LogP contribution in [0.5, 0.6) is 0 Å². The number of aromatic nitrogens is 3. The number of rotatable bonds is 5. The SMILES string of the molecule is CC(=O)c1c(C)[nH]c(C(=O)CSc2nc3sc4c(c3c(=O)n2C)CCCC4)c1C. The molecule has 1 N–H and O–H groups in total. The van der Waals surface area contributed by atoms with E-state index >= 15 is 0 Å². The molecule has 3 heterocycles. The highest BCUT2D eigenvalue weighted by Gasteiger charge is 2.23. The molecule has 0 aromatic carbocycles. The van der Waals surface area contributed by atoms with Crippen LogP contribution in [0.3, 0.4) is 0 Å². The average Bonchev–Trinajstić information content (AvgIpc) is 3.19. The third-order valence-electron chi connectivity index (χ3n) is 5.56. The van der Waals surface area contributed by atoms with E-state index in [1.165, 1.54) is 29.1 Å². The summed E-state index contributed by atoms with van der Waals surface area (Å²) >= 11 is 2.87. The number of thiophene rings is 1. The summed E-state index contributed by atoms with van der Waals surface area (Å²) in [5.41, 5.74) is 3.57. The van der Waals surface area contributed by atoms with Crippen molar-refractivity contribution in [2.24, 2.45) is 7.05 Å². The van der Waals surface area contributed by atoms with Crippen LogP contribution >= 0.6 is 23.1 Å². The first kappa shape index (κ1) is 20.1. The molecule has 0 spiro atoms. The molecular formula is C21H23N3O3S2. The normalized spacial score (nSPS) is 13.7. The number of hydrogen-bond donors (Lipinski definition) is 1. The number of aryl methyl sites for hydroxylation is 3. The summed E-state index contributed by atoms with van der Waals surface area (Å²) in [6, 6.07) is 0. The molecule has 0 saturated heterocycles. The largest absolute Gasteiger partial charge is 0.355 e. The Labute approximate surface area is 176 Å². The van der Waals surface area contributed by atoms with Crippen molar-refractivity contribution in [3.63, 3.8) is 0 Å². The number of hydrogen-bond acceptors (Lipinski definition) is 6. The molecule has 8 heteroatoms. The maximum Gasteiger partial charge on any atom is 0.262 e. The van der Waals surface area contributed by atoms with Gasteiger partial charge >= 0.3 is 0 Å². The first-order chi connectivity index (χ1) is 13.8. The molecule has 6 nitrogen and oxygen atoms in total. The number of fused-ring (bicyclic) bond motifs is 3. The summed E-state index contributed by atoms with van der Waals surface area (Å²) in [4.78, 5) is 47.4. The van der Waals surface area contributed by atoms with E-state index in [2.05, 4.69) is 4.98 Å². The smallest absolute Gasteiger partial charge is 0.262 e. The predicted molar refractivity (Wildman–Crippen MR) is 117 cm³/mol. The highest BCUT2D eigenvalue weighted by atomic mass is 32.2. The quantitative estimate of drug-likeness (QED) is 0.376. The number of thioether (sulfide) groups is 1. The lowest BCUT2D eigenvalue weighted by molar-refractivity contribution is 0.101. The van der Waals surface area contributed by atoms with Gasteiger partial charge < -0.3 is 4.98 Å². The van der Waals surface area contributed by atoms with E-state index in [0.29, 0.717) is 27.7 Å². The van der Waals surface area contributed by atoms with Gasteiger partial charge in [0.1, 0.15) is 4.83 Å². The fourth-order valence-corrected chi connectivity index (χ4v) is 6.30. The molecule has 1 aliphatic rings. The summed E-state index contributed by atoms with van der Waals surface area (Å²) in [6.45, 7) is 5.08. The number of carbonyl (C=O) groups is 2. The first-order valence-corrected chi connectivity index (χ1v) is 11.5. The molecular weight excluding hydrogens is 406 g/mol. The van der Waals surface area contributed by atoms with Crippen LogP contribution in [0.15, 0.2) is 9.95 Å². The van der Waals surface area contributed by atoms with Gasteiger partial charge in [0, 0.05) is 23.2 Å². The van der Waals surface area contributed by atoms with E-state index < -0.39 is 0 Å². The fraction of sp³-hybridized carbons (Fsp3) is 0.429. The number of nitrogens with zero attached hydrogens (tertiary/aromatic N) is 2. The maximum atomic E-state index is 13.0. The number of H-pyrrole nitrogens is 1. The number of aromatic amines is 1. The summed E-state index contributed by atoms with van der Waals surface area (Å²) in [7, 11) is 1.71. The Kier molecular flexibility index (Phi) is 5.25. The molecule has 0 saturated carbocycles. The van der Waals surface area contributed by atoms with Gasteiger partial charge in [0.25, 0.3) is 5.56 Å². The Bertz CT molecular complexity index is 1220. The number of ketones is 2. The molecule has 3 aromatic rings. The zero-order valence-electron chi connectivity index (χ0n) is 17.0. The predicted octanol–water partition coefficient (Wildman–Crippen LogP) is 4.00. The van der Waals surface area contributed by atoms with Crippen molar-refractivity contribution >= 4 is 44.9 Å². The van der Waals surface area contributed by atoms with Crippen molar-refractivity contribution in [3.8, 4) is 0 Å². The maximum absolute atomic E-state index is 13.0. The van der Waals surface area contributed by atoms with Crippen LogP contribution in [0.1, 0.15) is 62.3 Å². The molecule has 0 bridgehead atoms. The molecule has 3 aromatic heterocycles. The van der Waals surface area contributed by atoms with Gasteiger partial charge in [-0.05, 0) is 57.6 Å². The van der Waals surface area contributed by atoms with E-state index in [0.717, 1.165) is 35.9 Å². The van der Waals surface area contributed by atoms with Gasteiger partial charge in [0.05, 0.1) is 16.8 Å². The van der Waals surface area contributed by atoms with E-state index in [1.54, 1.807) is 36.8 Å². The van der Waals surface area contributed by atoms with E-state index in [1.807, 2.05) is 0 Å². The van der Waals surface area contributed by atoms with Crippen LogP contribution in [0.4, 0.5) is 0 Å². The van der Waals surface area contributed by atoms with Crippen molar-refractivity contribution in [3.05, 3.63) is 43.3 Å². The second-order valence-corrected chi connectivity index (χ2v) is 9.57. The van der Waals surface area contributed by atoms with Crippen LogP contribution in [0.25, 0.3) is 10.2 Å². The standard InChI is InChI=1S/C21H23N3O3S2/c1-10-16(12(3)25)11(2)22-18(10)14(26)9-28-21-23-19-17(20(27)24(21)4)13-7-5-6-8-15(13)29-19/h22H,5-9H2,1-4H3. The zero-order valence-corrected chi connectivity index (χ0v) is 18.6. The third-order valence-corrected chi connectivity index (χ3v) is 7.77. The minimum atomic E-state index is -0.108. The minimum absolute atomic E-state index is 0.0323. The molecule has 152 valence electrons. The highest BCUT2D eigenvalue weighted by molar-refractivity contribution is 7.99. The van der Waals surface area contributed by atoms with Gasteiger partial charge in [-0.15, -0.1) is 11.3 Å². The molecule has 0 amide bonds. The van der Waals surface area contributed by atoms with Gasteiger partial charge in [-0.2, -0.15) is 0 Å². The van der Waals surface area contributed by atoms with Crippen molar-refractivity contribution in [2.75, 3.05) is 5.75 Å². The zero-order chi connectivity index (χ0) is 20.9. The van der Waals surface area contributed by atoms with Crippen LogP contribution in [0.2, 0.25) is 0 Å². The van der Waals surface area contributed by atoms with Gasteiger partial charge in [-0.3, -0.25) is 19.0 Å². The Morgan fingerprint density at radius 3 is 2.66 bits per heavy atom. The van der Waals surface area contributed by atoms with Crippen molar-refractivity contribution in [2.45, 2.75) is 51.6 Å². The van der Waals surface area contributed by atoms with Crippen LogP contribution in [-0.4, -0.2) is 31.9 Å². The van der Waals surface area contributed by atoms with Crippen molar-refractivity contribution in [1.82, 2.24) is 14.5 Å². The lowest BCUT2D eigenvalue weighted by Gasteiger charge is -2.10. The monoisotopic (exact) mass is 429 g/mol. The van der Waals surface area contributed by atoms with E-state index in [4.69, 9.17) is 4.98 Å². The Balaban J connectivity index is 1.63. The Morgan fingerprint density at radius 2 is 1.97 bits per heavy atom. The molecule has 1 aliphatic carbocycles. The van der Waals surface area contributed by atoms with E-state index in [-0.39, 0.29) is 22.9 Å². The Morgan fingerprint density at radius 1 is 1.24 bits per heavy atom. The van der Waals surface area contributed by atoms with E-state index in [9.17, 15) is 14.4 Å². The minimum Gasteiger partial charge on any atom is -0.355 e. The van der Waals surface area contributed by atoms with Crippen molar-refractivity contribution < 1.29 is 9.59 Å². The summed E-state index contributed by atoms with van der Waals surface area (Å²) in [5, 5.41) is 1.30. The average molecular weight is 430 g/mol. The number of nitrogens with one attached hydrogen (secondary N) is 1. The van der Waals surface area contributed by atoms with Gasteiger partial charge in [0.15, 0.2) is 16.7 Å². The molecule has 0 atom stereocenters. The van der Waals surface area contributed by atoms with Crippen LogP contribution < -0.4 is 5.56 Å². The van der Waals surface area contributed by atoms with Gasteiger partial charge in [-0.1, -0.05) is 11.8 Å². The number of Topliss-reactive ketones (excluding diaryl/α,β-unsaturated/α-hetero) is 2. The highest BCUT2D eigenvalue weighted by Crippen LogP contribution is 2.34. The molecule has 29 heavy (non-hydrogen) atoms. The number of carbonyl (C=O) groups excluding carboxylic acids is 2. The molecule has 0 radical (unpaired) electrons. The topological polar surface area (TPSA) is 84.8 Å². The van der Waals surface area contributed by atoms with Crippen molar-refractivity contribution in [1.29, 1.82) is 0 Å². The molecule has 0 unspecified atom stereocenters. The Hall–Kier alpha value is -2.19. The lowest BCUT2D eigenvalue weighted by Crippen LogP contribution is -2.21. The molecule has 4 rings (SSSR count). The summed E-state index contributed by atoms with van der Waals surface area (Å²) in [6.07, 6.45) is 4.24. The van der Waals surface area contributed by atoms with Gasteiger partial charge in [-0.25, -0.2) is 4.98 Å². The fourth-order valence-electron chi connectivity index (χ4n) is 4.16. The second kappa shape index (κ2) is 7.57. The lowest BCUT2D eigenvalue weighted by atomic mass is 9.97.